The number of nitrogens with zero attached hydrogens (tertiary/aromatic N) is 6. The molecule has 0 spiro atoms. The number of hydrogen-bond donors (Lipinski definition) is 2. The normalized spacial score (nSPS) is 17.3. The molecule has 4 rings (SSSR count). The van der Waals surface area contributed by atoms with E-state index in [9.17, 15) is 15.2 Å². The maximum atomic E-state index is 11.1. The minimum Gasteiger partial charge on any atom is -0.410 e. The molecule has 0 saturated heterocycles. The molecule has 0 fully saturated rings. The van der Waals surface area contributed by atoms with E-state index in [0.29, 0.717) is 35.6 Å². The average Bonchev–Trinajstić information content (AvgIpc) is 3.29. The van der Waals surface area contributed by atoms with Gasteiger partial charge in [0, 0.05) is 42.5 Å². The number of aromatic nitrogens is 4. The third-order valence-corrected chi connectivity index (χ3v) is 5.29. The molecule has 2 N–H and O–H groups in total. The van der Waals surface area contributed by atoms with Gasteiger partial charge in [0.25, 0.3) is 0 Å². The third kappa shape index (κ3) is 3.29. The van der Waals surface area contributed by atoms with Gasteiger partial charge in [-0.2, -0.15) is 10.4 Å². The van der Waals surface area contributed by atoms with Crippen molar-refractivity contribution in [3.63, 3.8) is 0 Å². The van der Waals surface area contributed by atoms with Gasteiger partial charge in [-0.3, -0.25) is 4.68 Å². The number of aryl methyl sites for hydroxylation is 1. The lowest BCUT2D eigenvalue weighted by molar-refractivity contribution is 0.217. The first kappa shape index (κ1) is 19.6. The monoisotopic (exact) mass is 400 g/mol. The van der Waals surface area contributed by atoms with Crippen LogP contribution in [0.25, 0.3) is 11.3 Å². The van der Waals surface area contributed by atoms with Crippen molar-refractivity contribution in [3.05, 3.63) is 47.8 Å². The Hall–Kier alpha value is -3.71. The van der Waals surface area contributed by atoms with Crippen molar-refractivity contribution in [3.8, 4) is 17.3 Å². The Bertz CT molecular complexity index is 1160. The van der Waals surface area contributed by atoms with E-state index >= 15 is 0 Å². The molecule has 1 unspecified atom stereocenters. The lowest BCUT2D eigenvalue weighted by Gasteiger charge is -2.23. The summed E-state index contributed by atoms with van der Waals surface area (Å²) in [5.41, 5.74) is 2.61. The molecule has 3 aromatic rings. The number of hydrogen-bond acceptors (Lipinski definition) is 8. The molecule has 149 valence electrons. The van der Waals surface area contributed by atoms with Gasteiger partial charge in [0.15, 0.2) is 0 Å². The second-order valence-corrected chi connectivity index (χ2v) is 7.39. The lowest BCUT2D eigenvalue weighted by atomic mass is 9.83. The molecule has 9 nitrogen and oxygen atoms in total. The van der Waals surface area contributed by atoms with E-state index in [1.807, 2.05) is 26.1 Å². The maximum absolute atomic E-state index is 11.1. The highest BCUT2D eigenvalue weighted by atomic mass is 16.3. The number of benzene rings is 1. The zero-order chi connectivity index (χ0) is 21.3. The van der Waals surface area contributed by atoms with Crippen molar-refractivity contribution in [2.45, 2.75) is 12.3 Å². The molecular weight excluding hydrogens is 381 g/mol. The van der Waals surface area contributed by atoms with Crippen LogP contribution in [0.2, 0.25) is 0 Å². The van der Waals surface area contributed by atoms with Crippen molar-refractivity contribution in [2.24, 2.45) is 7.05 Å². The summed E-state index contributed by atoms with van der Waals surface area (Å²) in [7, 11) is 3.20. The topological polar surface area (TPSA) is 120 Å². The van der Waals surface area contributed by atoms with E-state index in [1.165, 1.54) is 7.41 Å². The van der Waals surface area contributed by atoms with Crippen molar-refractivity contribution in [1.29, 1.82) is 5.26 Å². The average molecular weight is 400 g/mol. The minimum absolute atomic E-state index is 0.116. The number of anilines is 3. The molecule has 30 heavy (non-hydrogen) atoms. The van der Waals surface area contributed by atoms with Crippen LogP contribution in [0, 0.1) is 11.3 Å². The summed E-state index contributed by atoms with van der Waals surface area (Å²) in [4.78, 5) is 21.6. The van der Waals surface area contributed by atoms with Gasteiger partial charge in [-0.05, 0) is 23.8 Å². The number of fused-ring (bicyclic) bond motifs is 1. The molecule has 1 aliphatic heterocycles. The Labute approximate surface area is 174 Å². The van der Waals surface area contributed by atoms with Gasteiger partial charge < -0.3 is 20.0 Å². The maximum Gasteiger partial charge on any atom is 0.329 e. The molecule has 2 aromatic heterocycles. The Morgan fingerprint density at radius 3 is 2.90 bits per heavy atom. The van der Waals surface area contributed by atoms with E-state index in [1.54, 1.807) is 34.0 Å². The highest BCUT2D eigenvalue weighted by Crippen LogP contribution is 2.44. The summed E-state index contributed by atoms with van der Waals surface area (Å²) in [5, 5.41) is 27.0. The Morgan fingerprint density at radius 2 is 2.23 bits per heavy atom. The fourth-order valence-electron chi connectivity index (χ4n) is 3.70. The van der Waals surface area contributed by atoms with Gasteiger partial charge in [-0.1, -0.05) is 6.92 Å². The molecule has 3 heterocycles. The molecule has 0 amide bonds. The van der Waals surface area contributed by atoms with Gasteiger partial charge in [-0.15, -0.1) is 0 Å². The van der Waals surface area contributed by atoms with E-state index in [2.05, 4.69) is 26.5 Å². The van der Waals surface area contributed by atoms with Gasteiger partial charge in [0.2, 0.25) is 5.95 Å². The van der Waals surface area contributed by atoms with Gasteiger partial charge in [0.05, 0.1) is 24.1 Å². The number of carbonyl (C=O) groups excluding carboxylic acids is 1. The molecule has 1 radical (unpaired) electrons. The number of aliphatic hydroxyl groups excluding tert-OH is 1. The summed E-state index contributed by atoms with van der Waals surface area (Å²) >= 11 is 0. The van der Waals surface area contributed by atoms with Crippen LogP contribution in [-0.4, -0.2) is 51.6 Å². The predicted octanol–water partition coefficient (Wildman–Crippen LogP) is 1.37. The fourth-order valence-corrected chi connectivity index (χ4v) is 3.70. The van der Waals surface area contributed by atoms with E-state index in [4.69, 9.17) is 0 Å². The zero-order valence-electron chi connectivity index (χ0n) is 16.6. The summed E-state index contributed by atoms with van der Waals surface area (Å²) in [5.74, 6) is 1.14. The molecule has 1 aromatic carbocycles. The Kier molecular flexibility index (Phi) is 4.97. The molecular formula is C20H19BN7O2. The Morgan fingerprint density at radius 1 is 1.40 bits per heavy atom. The van der Waals surface area contributed by atoms with E-state index in [-0.39, 0.29) is 6.61 Å². The molecule has 1 atom stereocenters. The van der Waals surface area contributed by atoms with Crippen LogP contribution in [0.4, 0.5) is 17.5 Å². The second-order valence-electron chi connectivity index (χ2n) is 7.39. The summed E-state index contributed by atoms with van der Waals surface area (Å²) < 4.78 is 1.67. The highest BCUT2D eigenvalue weighted by molar-refractivity contribution is 6.70. The molecule has 0 aliphatic carbocycles. The number of nitrogens with one attached hydrogen (secondary N) is 1. The van der Waals surface area contributed by atoms with Crippen molar-refractivity contribution in [1.82, 2.24) is 19.7 Å². The van der Waals surface area contributed by atoms with Crippen molar-refractivity contribution >= 4 is 31.1 Å². The highest BCUT2D eigenvalue weighted by Gasteiger charge is 2.40. The number of aliphatic hydroxyl groups is 1. The number of nitriles is 1. The zero-order valence-corrected chi connectivity index (χ0v) is 16.6. The SMILES string of the molecule is Cn1nccc1Nc1nccc(-c2cc(C#N)c3c(c2)C(C)(CO)CN3[B]C=O)n1. The lowest BCUT2D eigenvalue weighted by Crippen LogP contribution is -2.36. The van der Waals surface area contributed by atoms with E-state index < -0.39 is 5.41 Å². The first-order chi connectivity index (χ1) is 14.5. The van der Waals surface area contributed by atoms with Gasteiger partial charge in [-0.25, -0.2) is 9.97 Å². The molecule has 0 bridgehead atoms. The van der Waals surface area contributed by atoms with Crippen LogP contribution in [-0.2, 0) is 17.3 Å². The Balaban J connectivity index is 1.79. The summed E-state index contributed by atoms with van der Waals surface area (Å²) in [6.07, 6.45) is 3.99. The van der Waals surface area contributed by atoms with Crippen LogP contribution in [0.1, 0.15) is 18.1 Å². The largest absolute Gasteiger partial charge is 0.410 e. The quantitative estimate of drug-likeness (QED) is 0.470. The summed E-state index contributed by atoms with van der Waals surface area (Å²) in [6, 6.07) is 9.45. The van der Waals surface area contributed by atoms with Crippen molar-refractivity contribution < 1.29 is 9.90 Å². The van der Waals surface area contributed by atoms with Crippen LogP contribution >= 0.6 is 0 Å². The first-order valence-corrected chi connectivity index (χ1v) is 9.32. The van der Waals surface area contributed by atoms with Gasteiger partial charge in [0.1, 0.15) is 18.1 Å². The number of rotatable bonds is 6. The molecule has 10 heteroatoms. The van der Waals surface area contributed by atoms with E-state index in [0.717, 1.165) is 16.9 Å². The minimum atomic E-state index is -0.612. The fraction of sp³-hybridized carbons (Fsp3) is 0.250. The molecule has 0 saturated carbocycles. The van der Waals surface area contributed by atoms with Crippen LogP contribution in [0.5, 0.6) is 0 Å². The van der Waals surface area contributed by atoms with Crippen LogP contribution < -0.4 is 10.1 Å². The van der Waals surface area contributed by atoms with Crippen LogP contribution in [0.3, 0.4) is 0 Å². The van der Waals surface area contributed by atoms with Crippen molar-refractivity contribution in [2.75, 3.05) is 23.3 Å². The van der Waals surface area contributed by atoms with Gasteiger partial charge >= 0.3 is 7.41 Å². The predicted molar refractivity (Wildman–Crippen MR) is 113 cm³/mol. The third-order valence-electron chi connectivity index (χ3n) is 5.29. The number of carbonyl (C=O) groups is 1. The summed E-state index contributed by atoms with van der Waals surface area (Å²) in [6.45, 7) is 2.20. The molecule has 1 aliphatic rings. The second kappa shape index (κ2) is 7.61. The van der Waals surface area contributed by atoms with Crippen LogP contribution in [0.15, 0.2) is 36.7 Å². The first-order valence-electron chi connectivity index (χ1n) is 9.32. The standard InChI is InChI=1S/C20H19BN7O2/c1-20(11-29)10-28(21-12-30)18-14(9-22)7-13(8-15(18)20)16-3-5-23-19(25-16)26-17-4-6-24-27(17)2/h3-8,12,29H,10-11H2,1-2H3,(H,23,25,26). The smallest absolute Gasteiger partial charge is 0.329 e.